The molecule has 0 radical (unpaired) electrons. The van der Waals surface area contributed by atoms with Gasteiger partial charge in [0, 0.05) is 44.9 Å². The number of hydrogen-bond acceptors (Lipinski definition) is 5. The minimum Gasteiger partial charge on any atom is -0.337 e. The summed E-state index contributed by atoms with van der Waals surface area (Å²) in [4.78, 5) is 33.6. The Balaban J connectivity index is 1.71. The van der Waals surface area contributed by atoms with E-state index in [4.69, 9.17) is 0 Å². The predicted octanol–water partition coefficient (Wildman–Crippen LogP) is 2.34. The van der Waals surface area contributed by atoms with Gasteiger partial charge >= 0.3 is 0 Å². The number of amides is 1. The van der Waals surface area contributed by atoms with Crippen molar-refractivity contribution < 1.29 is 4.79 Å². The van der Waals surface area contributed by atoms with Crippen molar-refractivity contribution in [2.45, 2.75) is 46.7 Å². The van der Waals surface area contributed by atoms with E-state index < -0.39 is 0 Å². The summed E-state index contributed by atoms with van der Waals surface area (Å²) in [5.74, 6) is 0.755. The molecule has 0 bridgehead atoms. The lowest BCUT2D eigenvalue weighted by Gasteiger charge is -2.17. The monoisotopic (exact) mass is 385 g/mol. The minimum absolute atomic E-state index is 0.0121. The van der Waals surface area contributed by atoms with Crippen molar-refractivity contribution in [3.63, 3.8) is 0 Å². The number of rotatable bonds is 3. The van der Waals surface area contributed by atoms with Gasteiger partial charge in [0.1, 0.15) is 10.7 Å². The molecule has 0 saturated carbocycles. The fraction of sp³-hybridized carbons (Fsp3) is 0.474. The van der Waals surface area contributed by atoms with Gasteiger partial charge in [0.25, 0.3) is 11.5 Å². The summed E-state index contributed by atoms with van der Waals surface area (Å²) in [6.07, 6.45) is 1.78. The lowest BCUT2D eigenvalue weighted by molar-refractivity contribution is 0.0789. The molecule has 0 fully saturated rings. The molecule has 3 aromatic heterocycles. The topological polar surface area (TPSA) is 73.0 Å². The first-order valence-electron chi connectivity index (χ1n) is 9.07. The van der Waals surface area contributed by atoms with E-state index in [1.54, 1.807) is 16.5 Å². The smallest absolute Gasteiger partial charge is 0.264 e. The van der Waals surface area contributed by atoms with Crippen molar-refractivity contribution in [2.75, 3.05) is 7.05 Å². The van der Waals surface area contributed by atoms with Crippen molar-refractivity contribution in [1.82, 2.24) is 24.2 Å². The van der Waals surface area contributed by atoms with E-state index in [9.17, 15) is 9.59 Å². The summed E-state index contributed by atoms with van der Waals surface area (Å²) >= 11 is 1.33. The molecular weight excluding hydrogens is 362 g/mol. The SMILES string of the molecule is Cc1nn(C)c(C)c1CN(C)C(=O)c1sc2nc3n(c(=O)c2c1C)CCC3. The van der Waals surface area contributed by atoms with E-state index in [2.05, 4.69) is 10.1 Å². The highest BCUT2D eigenvalue weighted by molar-refractivity contribution is 7.20. The minimum atomic E-state index is -0.0808. The van der Waals surface area contributed by atoms with Crippen LogP contribution in [0.15, 0.2) is 4.79 Å². The van der Waals surface area contributed by atoms with Gasteiger partial charge in [0.15, 0.2) is 0 Å². The first kappa shape index (κ1) is 17.9. The lowest BCUT2D eigenvalue weighted by atomic mass is 10.1. The third-order valence-corrected chi connectivity index (χ3v) is 6.68. The first-order valence-corrected chi connectivity index (χ1v) is 9.88. The first-order chi connectivity index (χ1) is 12.8. The molecule has 3 aromatic rings. The van der Waals surface area contributed by atoms with Crippen LogP contribution in [0.1, 0.15) is 44.4 Å². The highest BCUT2D eigenvalue weighted by Crippen LogP contribution is 2.30. The van der Waals surface area contributed by atoms with E-state index in [0.717, 1.165) is 47.7 Å². The van der Waals surface area contributed by atoms with Crippen molar-refractivity contribution in [2.24, 2.45) is 7.05 Å². The summed E-state index contributed by atoms with van der Waals surface area (Å²) in [7, 11) is 3.69. The number of nitrogens with zero attached hydrogens (tertiary/aromatic N) is 5. The van der Waals surface area contributed by atoms with Crippen LogP contribution in [-0.2, 0) is 26.6 Å². The van der Waals surface area contributed by atoms with Crippen LogP contribution in [0, 0.1) is 20.8 Å². The normalized spacial score (nSPS) is 13.4. The van der Waals surface area contributed by atoms with Gasteiger partial charge in [-0.1, -0.05) is 0 Å². The third-order valence-electron chi connectivity index (χ3n) is 5.51. The van der Waals surface area contributed by atoms with Crippen molar-refractivity contribution in [3.8, 4) is 0 Å². The Morgan fingerprint density at radius 1 is 1.30 bits per heavy atom. The molecule has 0 saturated heterocycles. The highest BCUT2D eigenvalue weighted by Gasteiger charge is 2.25. The lowest BCUT2D eigenvalue weighted by Crippen LogP contribution is -2.26. The number of aryl methyl sites for hydroxylation is 4. The summed E-state index contributed by atoms with van der Waals surface area (Å²) in [6.45, 7) is 7.02. The molecule has 0 aliphatic carbocycles. The predicted molar refractivity (Wildman–Crippen MR) is 105 cm³/mol. The molecule has 1 amide bonds. The maximum atomic E-state index is 13.1. The second kappa shape index (κ2) is 6.30. The molecule has 142 valence electrons. The van der Waals surface area contributed by atoms with Crippen LogP contribution in [0.4, 0.5) is 0 Å². The Morgan fingerprint density at radius 3 is 2.70 bits per heavy atom. The number of thiophene rings is 1. The molecule has 27 heavy (non-hydrogen) atoms. The van der Waals surface area contributed by atoms with Gasteiger partial charge in [-0.3, -0.25) is 18.8 Å². The molecule has 7 nitrogen and oxygen atoms in total. The molecule has 0 spiro atoms. The van der Waals surface area contributed by atoms with Crippen LogP contribution in [0.25, 0.3) is 10.2 Å². The van der Waals surface area contributed by atoms with Crippen molar-refractivity contribution in [1.29, 1.82) is 0 Å². The largest absolute Gasteiger partial charge is 0.337 e. The van der Waals surface area contributed by atoms with E-state index in [-0.39, 0.29) is 11.5 Å². The Hall–Kier alpha value is -2.48. The molecule has 0 N–H and O–H groups in total. The number of carbonyl (C=O) groups is 1. The molecule has 0 atom stereocenters. The molecule has 0 unspecified atom stereocenters. The van der Waals surface area contributed by atoms with Gasteiger partial charge in [-0.25, -0.2) is 4.98 Å². The van der Waals surface area contributed by atoms with E-state index in [1.165, 1.54) is 11.3 Å². The van der Waals surface area contributed by atoms with Crippen LogP contribution in [-0.4, -0.2) is 37.2 Å². The van der Waals surface area contributed by atoms with Crippen LogP contribution in [0.5, 0.6) is 0 Å². The third kappa shape index (κ3) is 2.70. The van der Waals surface area contributed by atoms with Crippen LogP contribution in [0.2, 0.25) is 0 Å². The van der Waals surface area contributed by atoms with Crippen LogP contribution >= 0.6 is 11.3 Å². The van der Waals surface area contributed by atoms with E-state index >= 15 is 0 Å². The molecule has 4 heterocycles. The van der Waals surface area contributed by atoms with Gasteiger partial charge in [-0.15, -0.1) is 11.3 Å². The Bertz CT molecular complexity index is 1140. The van der Waals surface area contributed by atoms with E-state index in [1.807, 2.05) is 32.5 Å². The standard InChI is InChI=1S/C19H23N5O2S/c1-10-15-17(20-14-7-6-8-24(14)18(15)25)27-16(10)19(26)22(4)9-13-11(2)21-23(5)12(13)3/h6-9H2,1-5H3. The number of carbonyl (C=O) groups excluding carboxylic acids is 1. The zero-order valence-corrected chi connectivity index (χ0v) is 17.1. The Kier molecular flexibility index (Phi) is 4.18. The second-order valence-corrected chi connectivity index (χ2v) is 8.26. The average Bonchev–Trinajstić information content (AvgIpc) is 3.28. The van der Waals surface area contributed by atoms with Gasteiger partial charge in [-0.05, 0) is 32.8 Å². The zero-order valence-electron chi connectivity index (χ0n) is 16.3. The number of fused-ring (bicyclic) bond motifs is 2. The summed E-state index contributed by atoms with van der Waals surface area (Å²) in [6, 6.07) is 0. The fourth-order valence-electron chi connectivity index (χ4n) is 3.81. The molecule has 4 rings (SSSR count). The maximum Gasteiger partial charge on any atom is 0.264 e. The van der Waals surface area contributed by atoms with Gasteiger partial charge in [0.2, 0.25) is 0 Å². The number of aromatic nitrogens is 4. The van der Waals surface area contributed by atoms with Gasteiger partial charge < -0.3 is 4.90 Å². The average molecular weight is 385 g/mol. The molecule has 0 aromatic carbocycles. The Morgan fingerprint density at radius 2 is 2.04 bits per heavy atom. The molecule has 1 aliphatic heterocycles. The van der Waals surface area contributed by atoms with Crippen molar-refractivity contribution >= 4 is 27.5 Å². The summed E-state index contributed by atoms with van der Waals surface area (Å²) < 4.78 is 3.59. The molecule has 1 aliphatic rings. The van der Waals surface area contributed by atoms with E-state index in [0.29, 0.717) is 21.6 Å². The maximum absolute atomic E-state index is 13.1. The Labute approximate surface area is 161 Å². The number of hydrogen-bond donors (Lipinski definition) is 0. The van der Waals surface area contributed by atoms with Gasteiger partial charge in [-0.2, -0.15) is 5.10 Å². The van der Waals surface area contributed by atoms with Crippen LogP contribution < -0.4 is 5.56 Å². The second-order valence-electron chi connectivity index (χ2n) is 7.26. The zero-order chi connectivity index (χ0) is 19.5. The molecular formula is C19H23N5O2S. The summed E-state index contributed by atoms with van der Waals surface area (Å²) in [5.41, 5.74) is 3.77. The molecule has 8 heteroatoms. The summed E-state index contributed by atoms with van der Waals surface area (Å²) in [5, 5.41) is 5.02. The van der Waals surface area contributed by atoms with Gasteiger partial charge in [0.05, 0.1) is 16.0 Å². The quantitative estimate of drug-likeness (QED) is 0.694. The van der Waals surface area contributed by atoms with Crippen molar-refractivity contribution in [3.05, 3.63) is 43.6 Å². The fourth-order valence-corrected chi connectivity index (χ4v) is 4.99. The highest BCUT2D eigenvalue weighted by atomic mass is 32.1. The van der Waals surface area contributed by atoms with Crippen LogP contribution in [0.3, 0.4) is 0 Å².